The van der Waals surface area contributed by atoms with E-state index < -0.39 is 34.7 Å². The third-order valence-electron chi connectivity index (χ3n) is 3.23. The molecule has 0 bridgehead atoms. The quantitative estimate of drug-likeness (QED) is 0.364. The number of alkyl halides is 3. The monoisotopic (exact) mass is 356 g/mol. The van der Waals surface area contributed by atoms with Gasteiger partial charge in [-0.1, -0.05) is 0 Å². The van der Waals surface area contributed by atoms with Crippen molar-refractivity contribution in [3.8, 4) is 5.75 Å². The zero-order valence-corrected chi connectivity index (χ0v) is 12.7. The van der Waals surface area contributed by atoms with E-state index in [0.29, 0.717) is 16.2 Å². The van der Waals surface area contributed by atoms with Crippen molar-refractivity contribution in [1.82, 2.24) is 4.57 Å². The van der Waals surface area contributed by atoms with Crippen molar-refractivity contribution in [2.24, 2.45) is 0 Å². The molecule has 1 heterocycles. The van der Waals surface area contributed by atoms with Crippen LogP contribution in [0.4, 0.5) is 18.9 Å². The summed E-state index contributed by atoms with van der Waals surface area (Å²) in [6, 6.07) is 5.17. The summed E-state index contributed by atoms with van der Waals surface area (Å²) in [6.07, 6.45) is -3.83. The predicted molar refractivity (Wildman–Crippen MR) is 79.2 cm³/mol. The number of nitro groups is 1. The van der Waals surface area contributed by atoms with E-state index in [0.717, 1.165) is 18.3 Å². The summed E-state index contributed by atoms with van der Waals surface area (Å²) >= 11 is 0. The number of hydrogen-bond donors (Lipinski definition) is 0. The highest BCUT2D eigenvalue weighted by Crippen LogP contribution is 2.26. The second kappa shape index (κ2) is 6.75. The van der Waals surface area contributed by atoms with Crippen molar-refractivity contribution < 1.29 is 27.6 Å². The molecule has 1 aromatic carbocycles. The van der Waals surface area contributed by atoms with Crippen molar-refractivity contribution in [2.75, 3.05) is 0 Å². The standard InChI is InChI=1S/C15H11F3N2O5/c1-9-4-5-10(20(23)24)7-12(9)25-13(21)8-19-6-2-3-11(14(19)22)15(16,17)18/h2-7H,8H2,1H3. The number of aromatic nitrogens is 1. The van der Waals surface area contributed by atoms with Gasteiger partial charge in [-0.25, -0.2) is 4.79 Å². The lowest BCUT2D eigenvalue weighted by Gasteiger charge is -2.11. The summed E-state index contributed by atoms with van der Waals surface area (Å²) in [7, 11) is 0. The van der Waals surface area contributed by atoms with Crippen LogP contribution in [0.25, 0.3) is 0 Å². The van der Waals surface area contributed by atoms with E-state index in [2.05, 4.69) is 0 Å². The number of carbonyl (C=O) groups excluding carboxylic acids is 1. The van der Waals surface area contributed by atoms with Crippen molar-refractivity contribution in [2.45, 2.75) is 19.6 Å². The largest absolute Gasteiger partial charge is 0.425 e. The number of non-ortho nitro benzene ring substituents is 1. The van der Waals surface area contributed by atoms with E-state index in [1.54, 1.807) is 0 Å². The number of aryl methyl sites for hydroxylation is 1. The Morgan fingerprint density at radius 1 is 1.32 bits per heavy atom. The summed E-state index contributed by atoms with van der Waals surface area (Å²) in [5.74, 6) is -1.15. The zero-order valence-electron chi connectivity index (χ0n) is 12.7. The van der Waals surface area contributed by atoms with Crippen LogP contribution in [0.1, 0.15) is 11.1 Å². The van der Waals surface area contributed by atoms with Crippen LogP contribution in [0, 0.1) is 17.0 Å². The molecule has 0 spiro atoms. The number of nitro benzene ring substituents is 1. The fraction of sp³-hybridized carbons (Fsp3) is 0.200. The maximum atomic E-state index is 12.7. The Balaban J connectivity index is 2.23. The topological polar surface area (TPSA) is 91.4 Å². The van der Waals surface area contributed by atoms with Gasteiger partial charge < -0.3 is 9.30 Å². The van der Waals surface area contributed by atoms with Gasteiger partial charge in [-0.3, -0.25) is 14.9 Å². The van der Waals surface area contributed by atoms with E-state index in [-0.39, 0.29) is 11.4 Å². The molecule has 0 aliphatic carbocycles. The van der Waals surface area contributed by atoms with E-state index in [9.17, 15) is 32.9 Å². The summed E-state index contributed by atoms with van der Waals surface area (Å²) in [4.78, 5) is 33.7. The van der Waals surface area contributed by atoms with Gasteiger partial charge in [0.1, 0.15) is 17.9 Å². The van der Waals surface area contributed by atoms with Gasteiger partial charge in [0.25, 0.3) is 11.2 Å². The molecule has 0 unspecified atom stereocenters. The third kappa shape index (κ3) is 4.22. The first kappa shape index (κ1) is 18.2. The molecule has 132 valence electrons. The van der Waals surface area contributed by atoms with Gasteiger partial charge in [0.15, 0.2) is 0 Å². The number of pyridine rings is 1. The molecule has 1 aromatic heterocycles. The van der Waals surface area contributed by atoms with E-state index in [1.165, 1.54) is 19.1 Å². The normalized spacial score (nSPS) is 11.2. The Bertz CT molecular complexity index is 889. The minimum Gasteiger partial charge on any atom is -0.425 e. The summed E-state index contributed by atoms with van der Waals surface area (Å²) in [5, 5.41) is 10.7. The van der Waals surface area contributed by atoms with Gasteiger partial charge in [0.2, 0.25) is 0 Å². The lowest BCUT2D eigenvalue weighted by Crippen LogP contribution is -2.31. The summed E-state index contributed by atoms with van der Waals surface area (Å²) in [5.41, 5.74) is -2.70. The summed E-state index contributed by atoms with van der Waals surface area (Å²) in [6.45, 7) is 0.758. The van der Waals surface area contributed by atoms with Crippen LogP contribution < -0.4 is 10.3 Å². The Kier molecular flexibility index (Phi) is 4.91. The second-order valence-electron chi connectivity index (χ2n) is 5.03. The first-order valence-corrected chi connectivity index (χ1v) is 6.82. The number of benzene rings is 1. The van der Waals surface area contributed by atoms with Gasteiger partial charge >= 0.3 is 12.1 Å². The number of esters is 1. The Labute approximate surface area is 138 Å². The fourth-order valence-corrected chi connectivity index (χ4v) is 1.98. The van der Waals surface area contributed by atoms with E-state index in [1.807, 2.05) is 0 Å². The molecule has 0 atom stereocenters. The molecule has 0 saturated carbocycles. The maximum Gasteiger partial charge on any atom is 0.421 e. The molecule has 0 amide bonds. The SMILES string of the molecule is Cc1ccc([N+](=O)[O-])cc1OC(=O)Cn1cccc(C(F)(F)F)c1=O. The third-order valence-corrected chi connectivity index (χ3v) is 3.23. The minimum atomic E-state index is -4.85. The highest BCUT2D eigenvalue weighted by Gasteiger charge is 2.34. The highest BCUT2D eigenvalue weighted by atomic mass is 19.4. The Morgan fingerprint density at radius 3 is 2.60 bits per heavy atom. The van der Waals surface area contributed by atoms with Crippen molar-refractivity contribution >= 4 is 11.7 Å². The molecular weight excluding hydrogens is 345 g/mol. The van der Waals surface area contributed by atoms with Gasteiger partial charge in [-0.15, -0.1) is 0 Å². The van der Waals surface area contributed by atoms with Crippen LogP contribution >= 0.6 is 0 Å². The molecule has 0 aliphatic heterocycles. The molecule has 0 aliphatic rings. The smallest absolute Gasteiger partial charge is 0.421 e. The van der Waals surface area contributed by atoms with Gasteiger partial charge in [0, 0.05) is 12.3 Å². The Hall–Kier alpha value is -3.17. The van der Waals surface area contributed by atoms with E-state index in [4.69, 9.17) is 4.74 Å². The fourth-order valence-electron chi connectivity index (χ4n) is 1.98. The molecule has 0 saturated heterocycles. The van der Waals surface area contributed by atoms with Crippen LogP contribution in [0.5, 0.6) is 5.75 Å². The van der Waals surface area contributed by atoms with Crippen molar-refractivity contribution in [3.63, 3.8) is 0 Å². The van der Waals surface area contributed by atoms with Crippen LogP contribution in [0.3, 0.4) is 0 Å². The first-order chi connectivity index (χ1) is 11.6. The molecule has 10 heteroatoms. The van der Waals surface area contributed by atoms with Crippen LogP contribution in [-0.2, 0) is 17.5 Å². The van der Waals surface area contributed by atoms with Gasteiger partial charge in [-0.2, -0.15) is 13.2 Å². The number of carbonyl (C=O) groups is 1. The molecule has 2 aromatic rings. The zero-order chi connectivity index (χ0) is 18.8. The molecule has 2 rings (SSSR count). The minimum absolute atomic E-state index is 0.112. The maximum absolute atomic E-state index is 12.7. The lowest BCUT2D eigenvalue weighted by molar-refractivity contribution is -0.384. The molecule has 0 fully saturated rings. The molecule has 7 nitrogen and oxygen atoms in total. The number of hydrogen-bond acceptors (Lipinski definition) is 5. The van der Waals surface area contributed by atoms with Crippen LogP contribution in [0.2, 0.25) is 0 Å². The van der Waals surface area contributed by atoms with Gasteiger partial charge in [0.05, 0.1) is 11.0 Å². The average molecular weight is 356 g/mol. The highest BCUT2D eigenvalue weighted by molar-refractivity contribution is 5.73. The molecule has 0 radical (unpaired) electrons. The Morgan fingerprint density at radius 2 is 2.00 bits per heavy atom. The van der Waals surface area contributed by atoms with E-state index >= 15 is 0 Å². The first-order valence-electron chi connectivity index (χ1n) is 6.82. The number of rotatable bonds is 4. The second-order valence-corrected chi connectivity index (χ2v) is 5.03. The molecule has 25 heavy (non-hydrogen) atoms. The van der Waals surface area contributed by atoms with Crippen molar-refractivity contribution in [1.29, 1.82) is 0 Å². The number of nitrogens with zero attached hydrogens (tertiary/aromatic N) is 2. The van der Waals surface area contributed by atoms with Crippen LogP contribution in [0.15, 0.2) is 41.3 Å². The number of halogens is 3. The van der Waals surface area contributed by atoms with Crippen LogP contribution in [-0.4, -0.2) is 15.5 Å². The predicted octanol–water partition coefficient (Wildman–Crippen LogP) is 2.69. The van der Waals surface area contributed by atoms with Gasteiger partial charge in [-0.05, 0) is 30.7 Å². The molecular formula is C15H11F3N2O5. The average Bonchev–Trinajstić information content (AvgIpc) is 2.50. The number of ether oxygens (including phenoxy) is 1. The van der Waals surface area contributed by atoms with Crippen molar-refractivity contribution in [3.05, 3.63) is 68.1 Å². The molecule has 0 N–H and O–H groups in total. The lowest BCUT2D eigenvalue weighted by atomic mass is 10.2. The summed E-state index contributed by atoms with van der Waals surface area (Å²) < 4.78 is 43.6.